The van der Waals surface area contributed by atoms with Gasteiger partial charge in [0.05, 0.1) is 5.69 Å². The van der Waals surface area contributed by atoms with Crippen LogP contribution in [0.1, 0.15) is 31.7 Å². The van der Waals surface area contributed by atoms with E-state index in [0.717, 1.165) is 73.7 Å². The molecule has 1 amide bonds. The summed E-state index contributed by atoms with van der Waals surface area (Å²) in [5.41, 5.74) is 3.73. The van der Waals surface area contributed by atoms with Crippen LogP contribution < -0.4 is 15.4 Å². The van der Waals surface area contributed by atoms with Gasteiger partial charge in [0.15, 0.2) is 0 Å². The van der Waals surface area contributed by atoms with Crippen molar-refractivity contribution in [2.75, 3.05) is 31.5 Å². The Morgan fingerprint density at radius 2 is 1.94 bits per heavy atom. The average molecular weight is 461 g/mol. The molecule has 1 aliphatic rings. The van der Waals surface area contributed by atoms with Gasteiger partial charge in [-0.2, -0.15) is 5.10 Å². The van der Waals surface area contributed by atoms with Crippen molar-refractivity contribution >= 4 is 17.8 Å². The lowest BCUT2D eigenvalue weighted by atomic mass is 10.0. The zero-order valence-electron chi connectivity index (χ0n) is 19.5. The van der Waals surface area contributed by atoms with Crippen LogP contribution in [0.3, 0.4) is 0 Å². The van der Waals surface area contributed by atoms with Crippen LogP contribution in [0.15, 0.2) is 54.7 Å². The maximum Gasteiger partial charge on any atom is 0.217 e. The summed E-state index contributed by atoms with van der Waals surface area (Å²) in [7, 11) is 0. The van der Waals surface area contributed by atoms with E-state index in [1.807, 2.05) is 48.5 Å². The van der Waals surface area contributed by atoms with Crippen molar-refractivity contribution in [3.8, 4) is 22.8 Å². The van der Waals surface area contributed by atoms with Crippen LogP contribution in [-0.2, 0) is 4.79 Å². The number of carbonyl (C=O) groups is 1. The zero-order valence-corrected chi connectivity index (χ0v) is 19.5. The molecule has 0 spiro atoms. The Labute approximate surface area is 200 Å². The maximum atomic E-state index is 11.2. The Bertz CT molecular complexity index is 1070. The number of piperidine rings is 1. The molecule has 0 saturated carbocycles. The van der Waals surface area contributed by atoms with Gasteiger partial charge in [-0.3, -0.25) is 9.89 Å². The average Bonchev–Trinajstić information content (AvgIpc) is 3.39. The monoisotopic (exact) mass is 460 g/mol. The summed E-state index contributed by atoms with van der Waals surface area (Å²) in [5, 5.41) is 21.2. The van der Waals surface area contributed by atoms with E-state index in [9.17, 15) is 4.79 Å². The van der Waals surface area contributed by atoms with E-state index < -0.39 is 0 Å². The van der Waals surface area contributed by atoms with E-state index in [-0.39, 0.29) is 5.91 Å². The first-order chi connectivity index (χ1) is 16.6. The first-order valence-corrected chi connectivity index (χ1v) is 11.8. The highest BCUT2D eigenvalue weighted by molar-refractivity contribution is 5.86. The number of likely N-dealkylation sites (tertiary alicyclic amines) is 1. The Kier molecular flexibility index (Phi) is 7.93. The summed E-state index contributed by atoms with van der Waals surface area (Å²) in [6.07, 6.45) is 6.12. The number of H-pyrrole nitrogens is 1. The van der Waals surface area contributed by atoms with Crippen molar-refractivity contribution in [3.63, 3.8) is 0 Å². The van der Waals surface area contributed by atoms with Crippen LogP contribution in [0.5, 0.6) is 11.5 Å². The van der Waals surface area contributed by atoms with Gasteiger partial charge in [0.1, 0.15) is 11.5 Å². The highest BCUT2D eigenvalue weighted by atomic mass is 16.5. The number of hydrogen-bond acceptors (Lipinski definition) is 6. The number of nitrogens with one attached hydrogen (secondary N) is 4. The third kappa shape index (κ3) is 6.45. The fourth-order valence-corrected chi connectivity index (χ4v) is 4.25. The highest BCUT2D eigenvalue weighted by Gasteiger charge is 2.19. The van der Waals surface area contributed by atoms with Crippen molar-refractivity contribution < 1.29 is 9.53 Å². The van der Waals surface area contributed by atoms with Gasteiger partial charge in [0.25, 0.3) is 0 Å². The second-order valence-corrected chi connectivity index (χ2v) is 8.59. The second kappa shape index (κ2) is 11.5. The van der Waals surface area contributed by atoms with E-state index in [2.05, 4.69) is 25.7 Å². The lowest BCUT2D eigenvalue weighted by Gasteiger charge is -2.32. The maximum absolute atomic E-state index is 11.2. The lowest BCUT2D eigenvalue weighted by molar-refractivity contribution is -0.119. The summed E-state index contributed by atoms with van der Waals surface area (Å²) >= 11 is 0. The van der Waals surface area contributed by atoms with Crippen LogP contribution in [0.4, 0.5) is 5.69 Å². The van der Waals surface area contributed by atoms with Crippen LogP contribution in [0.2, 0.25) is 0 Å². The third-order valence-corrected chi connectivity index (χ3v) is 6.04. The molecule has 3 aromatic rings. The second-order valence-electron chi connectivity index (χ2n) is 8.59. The molecule has 2 aromatic carbocycles. The summed E-state index contributed by atoms with van der Waals surface area (Å²) in [6.45, 7) is 5.48. The highest BCUT2D eigenvalue weighted by Crippen LogP contribution is 2.27. The molecule has 0 atom stereocenters. The number of ether oxygens (including phenoxy) is 1. The molecule has 4 rings (SSSR count). The molecular formula is C26H32N6O2. The van der Waals surface area contributed by atoms with E-state index in [1.165, 1.54) is 6.21 Å². The van der Waals surface area contributed by atoms with Crippen molar-refractivity contribution in [3.05, 3.63) is 60.3 Å². The molecule has 0 radical (unpaired) electrons. The molecule has 2 heterocycles. The molecule has 0 bridgehead atoms. The Balaban J connectivity index is 1.24. The molecule has 1 fully saturated rings. The fraction of sp³-hybridized carbons (Fsp3) is 0.346. The first-order valence-electron chi connectivity index (χ1n) is 11.8. The SMILES string of the molecule is CC(=O)NC1CCN(CCCNc2ccc(Oc3ccc(-c4ccn[nH]4)cc3)cc2C=N)CC1. The Morgan fingerprint density at radius 3 is 2.62 bits per heavy atom. The van der Waals surface area contributed by atoms with Gasteiger partial charge >= 0.3 is 0 Å². The van der Waals surface area contributed by atoms with E-state index in [4.69, 9.17) is 10.1 Å². The summed E-state index contributed by atoms with van der Waals surface area (Å²) in [4.78, 5) is 13.6. The number of carbonyl (C=O) groups excluding carboxylic acids is 1. The van der Waals surface area contributed by atoms with Crippen LogP contribution >= 0.6 is 0 Å². The molecule has 34 heavy (non-hydrogen) atoms. The van der Waals surface area contributed by atoms with Crippen molar-refractivity contribution in [2.24, 2.45) is 0 Å². The minimum atomic E-state index is 0.0595. The summed E-state index contributed by atoms with van der Waals surface area (Å²) in [5.74, 6) is 1.49. The van der Waals surface area contributed by atoms with Crippen LogP contribution in [-0.4, -0.2) is 59.4 Å². The molecule has 178 valence electrons. The third-order valence-electron chi connectivity index (χ3n) is 6.04. The number of aromatic nitrogens is 2. The van der Waals surface area contributed by atoms with Gasteiger partial charge in [-0.1, -0.05) is 0 Å². The number of rotatable bonds is 10. The molecule has 8 nitrogen and oxygen atoms in total. The van der Waals surface area contributed by atoms with Gasteiger partial charge in [-0.25, -0.2) is 0 Å². The number of amides is 1. The quantitative estimate of drug-likeness (QED) is 0.267. The van der Waals surface area contributed by atoms with E-state index in [1.54, 1.807) is 13.1 Å². The topological polar surface area (TPSA) is 106 Å². The first kappa shape index (κ1) is 23.5. The minimum Gasteiger partial charge on any atom is -0.457 e. The largest absolute Gasteiger partial charge is 0.457 e. The molecule has 1 saturated heterocycles. The number of aromatic amines is 1. The van der Waals surface area contributed by atoms with E-state index >= 15 is 0 Å². The predicted octanol–water partition coefficient (Wildman–Crippen LogP) is 4.27. The molecule has 1 aromatic heterocycles. The molecule has 1 aliphatic heterocycles. The van der Waals surface area contributed by atoms with Crippen molar-refractivity contribution in [1.82, 2.24) is 20.4 Å². The zero-order chi connectivity index (χ0) is 23.8. The van der Waals surface area contributed by atoms with Crippen LogP contribution in [0, 0.1) is 5.41 Å². The molecular weight excluding hydrogens is 428 g/mol. The smallest absolute Gasteiger partial charge is 0.217 e. The summed E-state index contributed by atoms with van der Waals surface area (Å²) < 4.78 is 6.00. The molecule has 8 heteroatoms. The molecule has 0 unspecified atom stereocenters. The van der Waals surface area contributed by atoms with Crippen LogP contribution in [0.25, 0.3) is 11.3 Å². The molecule has 4 N–H and O–H groups in total. The normalized spacial score (nSPS) is 14.5. The van der Waals surface area contributed by atoms with Crippen molar-refractivity contribution in [2.45, 2.75) is 32.2 Å². The predicted molar refractivity (Wildman–Crippen MR) is 135 cm³/mol. The van der Waals surface area contributed by atoms with Gasteiger partial charge in [-0.15, -0.1) is 0 Å². The van der Waals surface area contributed by atoms with Crippen molar-refractivity contribution in [1.29, 1.82) is 5.41 Å². The summed E-state index contributed by atoms with van der Waals surface area (Å²) in [6, 6.07) is 15.8. The van der Waals surface area contributed by atoms with Gasteiger partial charge < -0.3 is 25.7 Å². The minimum absolute atomic E-state index is 0.0595. The molecule has 0 aliphatic carbocycles. The number of benzene rings is 2. The Hall–Kier alpha value is -3.65. The fourth-order valence-electron chi connectivity index (χ4n) is 4.25. The number of anilines is 1. The van der Waals surface area contributed by atoms with Gasteiger partial charge in [0.2, 0.25) is 5.91 Å². The van der Waals surface area contributed by atoms with Gasteiger partial charge in [-0.05, 0) is 79.9 Å². The Morgan fingerprint density at radius 1 is 1.18 bits per heavy atom. The number of nitrogens with zero attached hydrogens (tertiary/aromatic N) is 2. The lowest BCUT2D eigenvalue weighted by Crippen LogP contribution is -2.44. The standard InChI is InChI=1S/C26H32N6O2/c1-19(33)30-22-10-15-32(16-11-22)14-2-12-28-25-8-7-24(17-21(25)18-27)34-23-5-3-20(4-6-23)26-9-13-29-31-26/h3-9,13,17-18,22,27-28H,2,10-12,14-16H2,1H3,(H,29,31)(H,30,33). The number of hydrogen-bond donors (Lipinski definition) is 4. The van der Waals surface area contributed by atoms with E-state index in [0.29, 0.717) is 11.8 Å². The van der Waals surface area contributed by atoms with Gasteiger partial charge in [0, 0.05) is 56.3 Å².